The molecule has 0 saturated heterocycles. The largest absolute Gasteiger partial charge is 0.548 e. The van der Waals surface area contributed by atoms with E-state index in [0.29, 0.717) is 12.8 Å². The van der Waals surface area contributed by atoms with Crippen LogP contribution in [0.4, 0.5) is 0 Å². The number of hydrogen-bond acceptors (Lipinski definition) is 3. The van der Waals surface area contributed by atoms with E-state index >= 15 is 0 Å². The minimum absolute atomic E-state index is 0.503. The molecule has 0 aromatic heterocycles. The molecule has 0 atom stereocenters. The molecule has 0 aliphatic heterocycles. The number of hydrogen-bond donors (Lipinski definition) is 1. The Morgan fingerprint density at radius 1 is 1.36 bits per heavy atom. The molecule has 0 aliphatic rings. The van der Waals surface area contributed by atoms with Crippen LogP contribution < -0.4 is 10.8 Å². The van der Waals surface area contributed by atoms with Gasteiger partial charge in [-0.05, 0) is 12.8 Å². The Hall–Kier alpha value is -0.570. The molecule has 66 valence electrons. The van der Waals surface area contributed by atoms with Gasteiger partial charge in [0.1, 0.15) is 0 Å². The number of carbonyl (C=O) groups excluding carboxylic acids is 1. The van der Waals surface area contributed by atoms with Crippen molar-refractivity contribution in [2.24, 2.45) is 5.73 Å². The zero-order valence-electron chi connectivity index (χ0n) is 7.22. The van der Waals surface area contributed by atoms with E-state index in [1.807, 2.05) is 13.8 Å². The molecule has 0 saturated carbocycles. The number of carboxylic acid groups (broad SMARTS) is 1. The highest BCUT2D eigenvalue weighted by Crippen LogP contribution is 2.15. The number of aliphatic carboxylic acids is 1. The van der Waals surface area contributed by atoms with Crippen LogP contribution in [0.25, 0.3) is 0 Å². The summed E-state index contributed by atoms with van der Waals surface area (Å²) in [6, 6.07) is 0. The van der Waals surface area contributed by atoms with Gasteiger partial charge in [0, 0.05) is 0 Å². The maximum atomic E-state index is 10.6. The van der Waals surface area contributed by atoms with Gasteiger partial charge in [0.2, 0.25) is 0 Å². The molecule has 0 unspecified atom stereocenters. The second kappa shape index (κ2) is 4.34. The fourth-order valence-electron chi connectivity index (χ4n) is 1.22. The van der Waals surface area contributed by atoms with Crippen molar-refractivity contribution in [3.8, 4) is 0 Å². The van der Waals surface area contributed by atoms with Crippen LogP contribution >= 0.6 is 0 Å². The number of carboxylic acids is 1. The van der Waals surface area contributed by atoms with Crippen LogP contribution in [0.15, 0.2) is 0 Å². The van der Waals surface area contributed by atoms with Crippen molar-refractivity contribution in [3.05, 3.63) is 0 Å². The van der Waals surface area contributed by atoms with Crippen molar-refractivity contribution in [2.45, 2.75) is 45.1 Å². The Labute approximate surface area is 67.6 Å². The van der Waals surface area contributed by atoms with Gasteiger partial charge in [-0.25, -0.2) is 0 Å². The summed E-state index contributed by atoms with van der Waals surface area (Å²) in [5, 5.41) is 10.6. The topological polar surface area (TPSA) is 66.2 Å². The molecule has 0 bridgehead atoms. The molecular formula is C8H16NO2-. The van der Waals surface area contributed by atoms with Gasteiger partial charge in [-0.15, -0.1) is 0 Å². The molecule has 3 nitrogen and oxygen atoms in total. The van der Waals surface area contributed by atoms with Gasteiger partial charge < -0.3 is 15.6 Å². The van der Waals surface area contributed by atoms with E-state index in [4.69, 9.17) is 5.73 Å². The predicted octanol–water partition coefficient (Wildman–Crippen LogP) is 0.0340. The van der Waals surface area contributed by atoms with Crippen LogP contribution in [0.5, 0.6) is 0 Å². The Kier molecular flexibility index (Phi) is 4.11. The smallest absolute Gasteiger partial charge is 0.0613 e. The molecule has 0 amide bonds. The van der Waals surface area contributed by atoms with Crippen molar-refractivity contribution in [1.82, 2.24) is 0 Å². The van der Waals surface area contributed by atoms with Crippen LogP contribution in [-0.4, -0.2) is 11.5 Å². The van der Waals surface area contributed by atoms with Gasteiger partial charge in [-0.1, -0.05) is 26.7 Å². The highest BCUT2D eigenvalue weighted by molar-refractivity contribution is 5.76. The van der Waals surface area contributed by atoms with Gasteiger partial charge in [0.25, 0.3) is 0 Å². The quantitative estimate of drug-likeness (QED) is 0.614. The molecule has 0 fully saturated rings. The third-order valence-corrected chi connectivity index (χ3v) is 1.80. The average molecular weight is 158 g/mol. The lowest BCUT2D eigenvalue weighted by atomic mass is 9.90. The molecule has 0 aliphatic carbocycles. The van der Waals surface area contributed by atoms with E-state index < -0.39 is 11.5 Å². The van der Waals surface area contributed by atoms with E-state index in [-0.39, 0.29) is 0 Å². The molecule has 0 aromatic rings. The molecule has 0 rings (SSSR count). The lowest BCUT2D eigenvalue weighted by Gasteiger charge is -2.29. The van der Waals surface area contributed by atoms with Crippen molar-refractivity contribution in [2.75, 3.05) is 0 Å². The molecule has 0 radical (unpaired) electrons. The van der Waals surface area contributed by atoms with Crippen molar-refractivity contribution >= 4 is 5.97 Å². The Bertz CT molecular complexity index is 128. The van der Waals surface area contributed by atoms with Crippen LogP contribution in [0.1, 0.15) is 39.5 Å². The van der Waals surface area contributed by atoms with Crippen molar-refractivity contribution in [1.29, 1.82) is 0 Å². The summed E-state index contributed by atoms with van der Waals surface area (Å²) < 4.78 is 0. The maximum Gasteiger partial charge on any atom is 0.0613 e. The summed E-state index contributed by atoms with van der Waals surface area (Å²) in [5.41, 5.74) is 4.51. The summed E-state index contributed by atoms with van der Waals surface area (Å²) in [7, 11) is 0. The Balaban J connectivity index is 4.13. The summed E-state index contributed by atoms with van der Waals surface area (Å²) in [6.45, 7) is 3.83. The zero-order chi connectivity index (χ0) is 8.91. The minimum atomic E-state index is -1.12. The molecule has 0 spiro atoms. The summed E-state index contributed by atoms with van der Waals surface area (Å²) in [5.74, 6) is -1.12. The van der Waals surface area contributed by atoms with Gasteiger partial charge in [-0.2, -0.15) is 0 Å². The number of carbonyl (C=O) groups is 1. The SMILES string of the molecule is CCCC(N)(CCC)C(=O)[O-]. The average Bonchev–Trinajstić information content (AvgIpc) is 1.88. The molecule has 0 heterocycles. The fourth-order valence-corrected chi connectivity index (χ4v) is 1.22. The summed E-state index contributed by atoms with van der Waals surface area (Å²) in [4.78, 5) is 10.6. The third-order valence-electron chi connectivity index (χ3n) is 1.80. The first-order chi connectivity index (χ1) is 5.06. The second-order valence-electron chi connectivity index (χ2n) is 2.94. The maximum absolute atomic E-state index is 10.6. The molecule has 11 heavy (non-hydrogen) atoms. The minimum Gasteiger partial charge on any atom is -0.548 e. The van der Waals surface area contributed by atoms with Crippen LogP contribution in [0, 0.1) is 0 Å². The zero-order valence-corrected chi connectivity index (χ0v) is 7.22. The second-order valence-corrected chi connectivity index (χ2v) is 2.94. The van der Waals surface area contributed by atoms with E-state index in [1.54, 1.807) is 0 Å². The van der Waals surface area contributed by atoms with Crippen LogP contribution in [0.3, 0.4) is 0 Å². The van der Waals surface area contributed by atoms with E-state index in [0.717, 1.165) is 12.8 Å². The molecule has 0 aromatic carbocycles. The van der Waals surface area contributed by atoms with Gasteiger partial charge in [0.05, 0.1) is 11.5 Å². The Morgan fingerprint density at radius 2 is 1.73 bits per heavy atom. The lowest BCUT2D eigenvalue weighted by Crippen LogP contribution is -2.55. The highest BCUT2D eigenvalue weighted by Gasteiger charge is 2.23. The lowest BCUT2D eigenvalue weighted by molar-refractivity contribution is -0.313. The summed E-state index contributed by atoms with van der Waals surface area (Å²) in [6.07, 6.45) is 2.57. The van der Waals surface area contributed by atoms with Gasteiger partial charge >= 0.3 is 0 Å². The first-order valence-corrected chi connectivity index (χ1v) is 4.07. The van der Waals surface area contributed by atoms with Crippen LogP contribution in [-0.2, 0) is 4.79 Å². The fraction of sp³-hybridized carbons (Fsp3) is 0.875. The highest BCUT2D eigenvalue weighted by atomic mass is 16.4. The third kappa shape index (κ3) is 2.89. The van der Waals surface area contributed by atoms with E-state index in [2.05, 4.69) is 0 Å². The monoisotopic (exact) mass is 158 g/mol. The first-order valence-electron chi connectivity index (χ1n) is 4.07. The standard InChI is InChI=1S/C8H17NO2/c1-3-5-8(9,6-4-2)7(10)11/h3-6,9H2,1-2H3,(H,10,11)/p-1. The van der Waals surface area contributed by atoms with Gasteiger partial charge in [0.15, 0.2) is 0 Å². The van der Waals surface area contributed by atoms with Crippen molar-refractivity contribution < 1.29 is 9.90 Å². The molecule has 3 heteroatoms. The van der Waals surface area contributed by atoms with E-state index in [9.17, 15) is 9.90 Å². The number of rotatable bonds is 5. The van der Waals surface area contributed by atoms with Crippen molar-refractivity contribution in [3.63, 3.8) is 0 Å². The molecular weight excluding hydrogens is 142 g/mol. The normalized spacial score (nSPS) is 11.5. The van der Waals surface area contributed by atoms with Crippen LogP contribution in [0.2, 0.25) is 0 Å². The molecule has 2 N–H and O–H groups in total. The first kappa shape index (κ1) is 10.4. The van der Waals surface area contributed by atoms with Gasteiger partial charge in [-0.3, -0.25) is 0 Å². The van der Waals surface area contributed by atoms with E-state index in [1.165, 1.54) is 0 Å². The summed E-state index contributed by atoms with van der Waals surface area (Å²) >= 11 is 0. The predicted molar refractivity (Wildman–Crippen MR) is 41.7 cm³/mol. The number of nitrogens with two attached hydrogens (primary N) is 1. The Morgan fingerprint density at radius 3 is 1.91 bits per heavy atom.